The van der Waals surface area contributed by atoms with Crippen LogP contribution in [-0.4, -0.2) is 4.98 Å². The van der Waals surface area contributed by atoms with Crippen LogP contribution in [0.4, 0.5) is 0 Å². The maximum atomic E-state index is 5.63. The van der Waals surface area contributed by atoms with Crippen LogP contribution in [0, 0.1) is 11.8 Å². The first-order valence-corrected chi connectivity index (χ1v) is 5.44. The third-order valence-electron chi connectivity index (χ3n) is 3.42. The normalized spacial score (nSPS) is 36.2. The van der Waals surface area contributed by atoms with Crippen molar-refractivity contribution in [2.24, 2.45) is 11.8 Å². The maximum Gasteiger partial charge on any atom is 0.209 e. The fourth-order valence-corrected chi connectivity index (χ4v) is 2.91. The molecule has 1 heterocycles. The Morgan fingerprint density at radius 2 is 2.23 bits per heavy atom. The first kappa shape index (κ1) is 7.86. The molecule has 2 aliphatic rings. The second-order valence-electron chi connectivity index (χ2n) is 4.07. The molecule has 0 radical (unpaired) electrons. The Morgan fingerprint density at radius 1 is 1.46 bits per heavy atom. The summed E-state index contributed by atoms with van der Waals surface area (Å²) >= 11 is 5.63. The van der Waals surface area contributed by atoms with E-state index in [1.165, 1.54) is 19.3 Å². The molecule has 2 nitrogen and oxygen atoms in total. The van der Waals surface area contributed by atoms with Gasteiger partial charge in [0.25, 0.3) is 0 Å². The number of nitrogens with zero attached hydrogens (tertiary/aromatic N) is 1. The van der Waals surface area contributed by atoms with Gasteiger partial charge in [-0.3, -0.25) is 0 Å². The number of fused-ring (bicyclic) bond motifs is 1. The molecular weight excluding hydrogens is 186 g/mol. The highest BCUT2D eigenvalue weighted by atomic mass is 35.5. The van der Waals surface area contributed by atoms with Gasteiger partial charge >= 0.3 is 0 Å². The molecule has 0 bridgehead atoms. The lowest BCUT2D eigenvalue weighted by Crippen LogP contribution is -1.84. The largest absolute Gasteiger partial charge is 0.444 e. The summed E-state index contributed by atoms with van der Waals surface area (Å²) in [6.07, 6.45) is 6.03. The molecule has 3 rings (SSSR count). The monoisotopic (exact) mass is 197 g/mol. The van der Waals surface area contributed by atoms with E-state index < -0.39 is 0 Å². The summed E-state index contributed by atoms with van der Waals surface area (Å²) in [5.41, 5.74) is 0. The lowest BCUT2D eigenvalue weighted by atomic mass is 10.1. The Bertz CT molecular complexity index is 312. The molecule has 0 saturated heterocycles. The first-order valence-electron chi connectivity index (χ1n) is 4.90. The SMILES string of the molecule is ClCc1ncc(C2C3CCCC32)o1. The van der Waals surface area contributed by atoms with Gasteiger partial charge in [-0.25, -0.2) is 4.98 Å². The molecule has 0 aliphatic heterocycles. The Hall–Kier alpha value is -0.500. The highest BCUT2D eigenvalue weighted by molar-refractivity contribution is 6.16. The van der Waals surface area contributed by atoms with Crippen molar-refractivity contribution >= 4 is 11.6 Å². The highest BCUT2D eigenvalue weighted by Gasteiger charge is 2.54. The van der Waals surface area contributed by atoms with Crippen molar-refractivity contribution in [3.05, 3.63) is 17.8 Å². The number of oxazole rings is 1. The summed E-state index contributed by atoms with van der Waals surface area (Å²) in [5, 5.41) is 0. The molecule has 0 amide bonds. The lowest BCUT2D eigenvalue weighted by molar-refractivity contribution is 0.453. The molecule has 1 aromatic heterocycles. The van der Waals surface area contributed by atoms with Crippen LogP contribution in [0.1, 0.15) is 36.8 Å². The Kier molecular flexibility index (Phi) is 1.66. The van der Waals surface area contributed by atoms with Gasteiger partial charge in [0, 0.05) is 5.92 Å². The van der Waals surface area contributed by atoms with Gasteiger partial charge in [-0.2, -0.15) is 0 Å². The number of alkyl halides is 1. The van der Waals surface area contributed by atoms with Crippen molar-refractivity contribution in [1.82, 2.24) is 4.98 Å². The van der Waals surface area contributed by atoms with Crippen LogP contribution in [0.2, 0.25) is 0 Å². The molecule has 2 unspecified atom stereocenters. The minimum atomic E-state index is 0.391. The molecule has 3 heteroatoms. The van der Waals surface area contributed by atoms with Gasteiger partial charge in [-0.05, 0) is 24.7 Å². The van der Waals surface area contributed by atoms with Crippen LogP contribution in [0.25, 0.3) is 0 Å². The number of rotatable bonds is 2. The van der Waals surface area contributed by atoms with E-state index in [2.05, 4.69) is 4.98 Å². The summed E-state index contributed by atoms with van der Waals surface area (Å²) in [6, 6.07) is 0. The topological polar surface area (TPSA) is 26.0 Å². The molecule has 2 atom stereocenters. The number of halogens is 1. The van der Waals surface area contributed by atoms with Crippen LogP contribution in [0.15, 0.2) is 10.6 Å². The number of hydrogen-bond acceptors (Lipinski definition) is 2. The van der Waals surface area contributed by atoms with Crippen LogP contribution in [-0.2, 0) is 5.88 Å². The zero-order chi connectivity index (χ0) is 8.84. The Morgan fingerprint density at radius 3 is 2.85 bits per heavy atom. The highest BCUT2D eigenvalue weighted by Crippen LogP contribution is 2.63. The van der Waals surface area contributed by atoms with Crippen molar-refractivity contribution in [2.75, 3.05) is 0 Å². The minimum Gasteiger partial charge on any atom is -0.444 e. The van der Waals surface area contributed by atoms with E-state index in [0.717, 1.165) is 17.6 Å². The summed E-state index contributed by atoms with van der Waals surface area (Å²) in [6.45, 7) is 0. The van der Waals surface area contributed by atoms with E-state index in [0.29, 0.717) is 17.7 Å². The molecule has 1 aromatic rings. The van der Waals surface area contributed by atoms with Crippen LogP contribution in [0.5, 0.6) is 0 Å². The van der Waals surface area contributed by atoms with Gasteiger partial charge in [0.15, 0.2) is 0 Å². The zero-order valence-corrected chi connectivity index (χ0v) is 8.13. The molecule has 13 heavy (non-hydrogen) atoms. The predicted molar refractivity (Wildman–Crippen MR) is 49.6 cm³/mol. The van der Waals surface area contributed by atoms with Gasteiger partial charge in [-0.15, -0.1) is 11.6 Å². The van der Waals surface area contributed by atoms with E-state index in [4.69, 9.17) is 16.0 Å². The minimum absolute atomic E-state index is 0.391. The molecule has 2 saturated carbocycles. The van der Waals surface area contributed by atoms with E-state index in [1.54, 1.807) is 0 Å². The Balaban J connectivity index is 1.79. The van der Waals surface area contributed by atoms with Gasteiger partial charge in [-0.1, -0.05) is 6.42 Å². The van der Waals surface area contributed by atoms with Crippen molar-refractivity contribution in [1.29, 1.82) is 0 Å². The van der Waals surface area contributed by atoms with Crippen molar-refractivity contribution in [2.45, 2.75) is 31.1 Å². The summed E-state index contributed by atoms with van der Waals surface area (Å²) in [4.78, 5) is 4.12. The second kappa shape index (κ2) is 2.74. The molecule has 2 aliphatic carbocycles. The molecule has 0 aromatic carbocycles. The molecule has 70 valence electrons. The first-order chi connectivity index (χ1) is 6.40. The van der Waals surface area contributed by atoms with Crippen LogP contribution >= 0.6 is 11.6 Å². The second-order valence-corrected chi connectivity index (χ2v) is 4.34. The summed E-state index contributed by atoms with van der Waals surface area (Å²) in [5.74, 6) is 4.61. The number of aromatic nitrogens is 1. The van der Waals surface area contributed by atoms with Gasteiger partial charge < -0.3 is 4.42 Å². The third-order valence-corrected chi connectivity index (χ3v) is 3.65. The average molecular weight is 198 g/mol. The third kappa shape index (κ3) is 1.12. The van der Waals surface area contributed by atoms with E-state index in [-0.39, 0.29) is 0 Å². The lowest BCUT2D eigenvalue weighted by Gasteiger charge is -1.96. The van der Waals surface area contributed by atoms with Crippen molar-refractivity contribution in [3.8, 4) is 0 Å². The van der Waals surface area contributed by atoms with E-state index >= 15 is 0 Å². The summed E-state index contributed by atoms with van der Waals surface area (Å²) < 4.78 is 5.55. The summed E-state index contributed by atoms with van der Waals surface area (Å²) in [7, 11) is 0. The van der Waals surface area contributed by atoms with Crippen LogP contribution in [0.3, 0.4) is 0 Å². The van der Waals surface area contributed by atoms with Crippen molar-refractivity contribution in [3.63, 3.8) is 0 Å². The molecule has 0 N–H and O–H groups in total. The standard InChI is InChI=1S/C10H12ClNO/c11-4-9-12-5-8(13-9)10-6-2-1-3-7(6)10/h5-7,10H,1-4H2. The molecule has 2 fully saturated rings. The van der Waals surface area contributed by atoms with Gasteiger partial charge in [0.05, 0.1) is 12.1 Å². The quantitative estimate of drug-likeness (QED) is 0.682. The Labute approximate surface area is 82.3 Å². The zero-order valence-electron chi connectivity index (χ0n) is 7.37. The van der Waals surface area contributed by atoms with Crippen molar-refractivity contribution < 1.29 is 4.42 Å². The van der Waals surface area contributed by atoms with Gasteiger partial charge in [0.2, 0.25) is 5.89 Å². The predicted octanol–water partition coefficient (Wildman–Crippen LogP) is 2.93. The van der Waals surface area contributed by atoms with E-state index in [9.17, 15) is 0 Å². The van der Waals surface area contributed by atoms with Crippen LogP contribution < -0.4 is 0 Å². The molecular formula is C10H12ClNO. The average Bonchev–Trinajstić information content (AvgIpc) is 2.65. The van der Waals surface area contributed by atoms with E-state index in [1.807, 2.05) is 6.20 Å². The fourth-order valence-electron chi connectivity index (χ4n) is 2.78. The van der Waals surface area contributed by atoms with Gasteiger partial charge in [0.1, 0.15) is 5.76 Å². The molecule has 0 spiro atoms. The number of hydrogen-bond donors (Lipinski definition) is 0. The smallest absolute Gasteiger partial charge is 0.209 e. The maximum absolute atomic E-state index is 5.63. The fraction of sp³-hybridized carbons (Fsp3) is 0.700.